The predicted molar refractivity (Wildman–Crippen MR) is 56.1 cm³/mol. The average Bonchev–Trinajstić information content (AvgIpc) is 0.722. The molecule has 0 heterocycles. The first kappa shape index (κ1) is 18.0. The fourth-order valence-corrected chi connectivity index (χ4v) is 0. The van der Waals surface area contributed by atoms with E-state index in [1.165, 1.54) is 0 Å². The second kappa shape index (κ2) is 9.16. The number of rotatable bonds is 0. The van der Waals surface area contributed by atoms with Crippen molar-refractivity contribution in [1.82, 2.24) is 0 Å². The molecule has 0 aromatic heterocycles. The molecule has 0 aliphatic carbocycles. The van der Waals surface area contributed by atoms with Crippen LogP contribution in [-0.2, 0) is 1.33 Å². The standard InChI is InChI=1S/6HI.Pt/h6*1H;/q;;;;;;+6/p-6. The summed E-state index contributed by atoms with van der Waals surface area (Å²) in [6, 6.07) is 0. The third-order valence-corrected chi connectivity index (χ3v) is 0. The van der Waals surface area contributed by atoms with E-state index in [4.69, 9.17) is 0 Å². The normalized spacial score (nSPS) is 10.9. The Morgan fingerprint density at radius 2 is 0.714 bits per heavy atom. The first-order valence-electron chi connectivity index (χ1n) is 0.478. The van der Waals surface area contributed by atoms with E-state index in [2.05, 4.69) is 77.4 Å². The molecule has 0 rings (SSSR count). The summed E-state index contributed by atoms with van der Waals surface area (Å²) < 4.78 is -1.06. The van der Waals surface area contributed by atoms with Crippen molar-refractivity contribution in [1.29, 1.82) is 0 Å². The van der Waals surface area contributed by atoms with E-state index in [0.29, 0.717) is 0 Å². The molecule has 0 amide bonds. The Kier molecular flexibility index (Phi) is 23.5. The summed E-state index contributed by atoms with van der Waals surface area (Å²) in [5.74, 6) is 0. The topological polar surface area (TPSA) is 0 Å². The van der Waals surface area contributed by atoms with Crippen LogP contribution in [0, 0.1) is 0 Å². The summed E-state index contributed by atoms with van der Waals surface area (Å²) in [5, 5.41) is 0. The van der Waals surface area contributed by atoms with Gasteiger partial charge < -0.3 is 48.0 Å². The van der Waals surface area contributed by atoms with Crippen LogP contribution in [0.15, 0.2) is 0 Å². The van der Waals surface area contributed by atoms with Crippen LogP contribution in [0.2, 0.25) is 0 Å². The Morgan fingerprint density at radius 3 is 0.714 bits per heavy atom. The third-order valence-electron chi connectivity index (χ3n) is 0. The third kappa shape index (κ3) is 35.4. The van der Waals surface area contributed by atoms with E-state index in [-0.39, 0.29) is 48.0 Å². The van der Waals surface area contributed by atoms with Crippen LogP contribution >= 0.6 is 77.4 Å². The van der Waals surface area contributed by atoms with Gasteiger partial charge in [-0.2, -0.15) is 0 Å². The molecule has 7 heteroatoms. The van der Waals surface area contributed by atoms with Gasteiger partial charge in [-0.15, -0.1) is 0 Å². The van der Waals surface area contributed by atoms with Gasteiger partial charge in [-0.05, 0) is 0 Å². The van der Waals surface area contributed by atoms with Gasteiger partial charge in [-0.25, -0.2) is 0 Å². The Morgan fingerprint density at radius 1 is 0.714 bits per heavy atom. The van der Waals surface area contributed by atoms with E-state index in [0.717, 1.165) is 0 Å². The Balaban J connectivity index is -0.0000000800. The molecule has 0 unspecified atom stereocenters. The summed E-state index contributed by atoms with van der Waals surface area (Å²) in [6.45, 7) is 0. The molecule has 7 heavy (non-hydrogen) atoms. The second-order valence-corrected chi connectivity index (χ2v) is 99.8. The first-order valence-corrected chi connectivity index (χ1v) is 26.3. The minimum absolute atomic E-state index is 0. The Labute approximate surface area is 122 Å². The van der Waals surface area contributed by atoms with Crippen LogP contribution in [0.5, 0.6) is 0 Å². The molecule has 0 atom stereocenters. The zero-order valence-corrected chi connectivity index (χ0v) is 17.8. The van der Waals surface area contributed by atoms with Crippen molar-refractivity contribution in [3.05, 3.63) is 0 Å². The number of halogens is 6. The first-order chi connectivity index (χ1) is 2.00. The predicted octanol–water partition coefficient (Wildman–Crippen LogP) is -2.45. The SMILES string of the molecule is [I-].[I-].[I][Pt+2]([I])([I])[I]. The van der Waals surface area contributed by atoms with Crippen molar-refractivity contribution in [3.8, 4) is 0 Å². The van der Waals surface area contributed by atoms with E-state index in [1.54, 1.807) is 0 Å². The Hall–Kier alpha value is 5.07. The molecular formula is I6Pt. The average molecular weight is 957 g/mol. The fraction of sp³-hybridized carbons (Fsp3) is 0. The Bertz CT molecular complexity index is 19.7. The molecule has 0 aliphatic rings. The van der Waals surface area contributed by atoms with Gasteiger partial charge >= 0.3 is 78.7 Å². The summed E-state index contributed by atoms with van der Waals surface area (Å²) in [5.41, 5.74) is 0. The van der Waals surface area contributed by atoms with Crippen molar-refractivity contribution in [2.75, 3.05) is 0 Å². The minimum atomic E-state index is -1.06. The van der Waals surface area contributed by atoms with Crippen LogP contribution < -0.4 is 48.0 Å². The molecule has 0 aromatic carbocycles. The van der Waals surface area contributed by atoms with Crippen LogP contribution in [0.4, 0.5) is 0 Å². The zero-order valence-electron chi connectivity index (χ0n) is 2.58. The van der Waals surface area contributed by atoms with Crippen molar-refractivity contribution >= 4 is 77.4 Å². The van der Waals surface area contributed by atoms with E-state index >= 15 is 0 Å². The van der Waals surface area contributed by atoms with Crippen LogP contribution in [-0.4, -0.2) is 0 Å². The molecule has 0 saturated heterocycles. The molecule has 0 nitrogen and oxygen atoms in total. The monoisotopic (exact) mass is 956 g/mol. The quantitative estimate of drug-likeness (QED) is 0.237. The van der Waals surface area contributed by atoms with Gasteiger partial charge in [0.2, 0.25) is 0 Å². The zero-order chi connectivity index (χ0) is 4.50. The van der Waals surface area contributed by atoms with Crippen molar-refractivity contribution in [2.24, 2.45) is 0 Å². The van der Waals surface area contributed by atoms with Gasteiger partial charge in [-0.1, -0.05) is 0 Å². The molecule has 0 spiro atoms. The van der Waals surface area contributed by atoms with Crippen LogP contribution in [0.25, 0.3) is 0 Å². The summed E-state index contributed by atoms with van der Waals surface area (Å²) >= 11 is 10.1. The molecule has 0 aromatic rings. The molecule has 0 fully saturated rings. The molecule has 52 valence electrons. The molecule has 0 aliphatic heterocycles. The van der Waals surface area contributed by atoms with Gasteiger partial charge in [-0.3, -0.25) is 0 Å². The summed E-state index contributed by atoms with van der Waals surface area (Å²) in [4.78, 5) is 0. The van der Waals surface area contributed by atoms with Crippen LogP contribution in [0.3, 0.4) is 0 Å². The number of hydrogen-bond donors (Lipinski definition) is 0. The van der Waals surface area contributed by atoms with Crippen molar-refractivity contribution < 1.29 is 49.3 Å². The maximum absolute atomic E-state index is 2.52. The van der Waals surface area contributed by atoms with Gasteiger partial charge in [0.1, 0.15) is 0 Å². The molecule has 0 bridgehead atoms. The maximum atomic E-state index is 2.52. The van der Waals surface area contributed by atoms with E-state index < -0.39 is 1.33 Å². The van der Waals surface area contributed by atoms with Crippen molar-refractivity contribution in [3.63, 3.8) is 0 Å². The van der Waals surface area contributed by atoms with Gasteiger partial charge in [0.15, 0.2) is 0 Å². The molecule has 0 saturated carbocycles. The van der Waals surface area contributed by atoms with Gasteiger partial charge in [0.05, 0.1) is 0 Å². The molecule has 0 N–H and O–H groups in total. The van der Waals surface area contributed by atoms with E-state index in [1.807, 2.05) is 0 Å². The van der Waals surface area contributed by atoms with Crippen molar-refractivity contribution in [2.45, 2.75) is 0 Å². The van der Waals surface area contributed by atoms with E-state index in [9.17, 15) is 0 Å². The van der Waals surface area contributed by atoms with Crippen LogP contribution in [0.1, 0.15) is 0 Å². The van der Waals surface area contributed by atoms with Gasteiger partial charge in [0.25, 0.3) is 0 Å². The fourth-order valence-electron chi connectivity index (χ4n) is 0. The number of hydrogen-bond acceptors (Lipinski definition) is 0. The molecule has 0 radical (unpaired) electrons. The summed E-state index contributed by atoms with van der Waals surface area (Å²) in [7, 11) is 0. The summed E-state index contributed by atoms with van der Waals surface area (Å²) in [6.07, 6.45) is 0. The second-order valence-electron chi connectivity index (χ2n) is 0.271. The molecular weight excluding hydrogens is 957 g/mol. The van der Waals surface area contributed by atoms with Gasteiger partial charge in [0, 0.05) is 0 Å².